The Balaban J connectivity index is 1.53. The molecule has 1 aliphatic heterocycles. The van der Waals surface area contributed by atoms with Crippen LogP contribution in [0.3, 0.4) is 0 Å². The molecule has 1 fully saturated rings. The number of pyridine rings is 1. The number of nitrogens with zero attached hydrogens (tertiary/aromatic N) is 1. The van der Waals surface area contributed by atoms with Crippen molar-refractivity contribution in [2.45, 2.75) is 32.5 Å². The number of benzene rings is 1. The molecule has 0 atom stereocenters. The Kier molecular flexibility index (Phi) is 4.50. The first-order valence-electron chi connectivity index (χ1n) is 8.13. The Labute approximate surface area is 162 Å². The van der Waals surface area contributed by atoms with Crippen molar-refractivity contribution in [3.63, 3.8) is 0 Å². The number of ether oxygens (including phenoxy) is 2. The molecule has 126 valence electrons. The van der Waals surface area contributed by atoms with E-state index in [2.05, 4.69) is 59.1 Å². The summed E-state index contributed by atoms with van der Waals surface area (Å²) in [4.78, 5) is 4.74. The quantitative estimate of drug-likeness (QED) is 0.469. The summed E-state index contributed by atoms with van der Waals surface area (Å²) >= 11 is 2.67. The van der Waals surface area contributed by atoms with Gasteiger partial charge in [-0.05, 0) is 0 Å². The average molecular weight is 500 g/mol. The van der Waals surface area contributed by atoms with Crippen LogP contribution in [0.5, 0.6) is 0 Å². The van der Waals surface area contributed by atoms with Gasteiger partial charge in [-0.25, -0.2) is 0 Å². The van der Waals surface area contributed by atoms with E-state index in [1.54, 1.807) is 0 Å². The molecule has 1 aliphatic carbocycles. The minimum absolute atomic E-state index is 0.103. The first-order valence-corrected chi connectivity index (χ1v) is 10.9. The molecular formula is C19H20INO2Se. The fourth-order valence-corrected chi connectivity index (χ4v) is 6.07. The topological polar surface area (TPSA) is 31.4 Å². The molecular weight excluding hydrogens is 480 g/mol. The van der Waals surface area contributed by atoms with E-state index < -0.39 is 5.79 Å². The zero-order chi connectivity index (χ0) is 16.8. The van der Waals surface area contributed by atoms with E-state index in [4.69, 9.17) is 14.5 Å². The van der Waals surface area contributed by atoms with Crippen LogP contribution in [0.4, 0.5) is 0 Å². The molecule has 5 heteroatoms. The number of rotatable bonds is 2. The van der Waals surface area contributed by atoms with Gasteiger partial charge < -0.3 is 0 Å². The molecule has 1 aromatic heterocycles. The van der Waals surface area contributed by atoms with E-state index in [-0.39, 0.29) is 20.4 Å². The normalized spacial score (nSPS) is 21.0. The Morgan fingerprint density at radius 2 is 1.79 bits per heavy atom. The molecule has 0 radical (unpaired) electrons. The summed E-state index contributed by atoms with van der Waals surface area (Å²) in [6.45, 7) is 5.52. The molecule has 0 bridgehead atoms. The van der Waals surface area contributed by atoms with Crippen LogP contribution in [0.25, 0.3) is 0 Å². The molecule has 0 unspecified atom stereocenters. The zero-order valence-electron chi connectivity index (χ0n) is 13.8. The molecule has 3 nitrogen and oxygen atoms in total. The van der Waals surface area contributed by atoms with Crippen LogP contribution in [0.15, 0.2) is 36.5 Å². The number of hydrogen-bond donors (Lipinski definition) is 0. The van der Waals surface area contributed by atoms with Crippen molar-refractivity contribution in [1.29, 1.82) is 0 Å². The van der Waals surface area contributed by atoms with Crippen molar-refractivity contribution in [2.24, 2.45) is 5.41 Å². The predicted molar refractivity (Wildman–Crippen MR) is 104 cm³/mol. The molecule has 2 heterocycles. The van der Waals surface area contributed by atoms with E-state index in [0.717, 1.165) is 26.1 Å². The maximum absolute atomic E-state index is 5.94. The van der Waals surface area contributed by atoms with E-state index in [1.807, 2.05) is 13.8 Å². The second kappa shape index (κ2) is 6.36. The molecule has 24 heavy (non-hydrogen) atoms. The van der Waals surface area contributed by atoms with Gasteiger partial charge in [-0.15, -0.1) is 0 Å². The van der Waals surface area contributed by atoms with Gasteiger partial charge in [-0.3, -0.25) is 0 Å². The third-order valence-electron chi connectivity index (χ3n) is 4.69. The number of halogens is 1. The molecule has 1 saturated heterocycles. The van der Waals surface area contributed by atoms with Crippen LogP contribution < -0.4 is 9.05 Å². The Morgan fingerprint density at radius 3 is 2.54 bits per heavy atom. The van der Waals surface area contributed by atoms with E-state index in [0.29, 0.717) is 0 Å². The molecule has 0 saturated carbocycles. The van der Waals surface area contributed by atoms with Gasteiger partial charge in [0.1, 0.15) is 0 Å². The van der Waals surface area contributed by atoms with Crippen LogP contribution in [0, 0.1) is 8.99 Å². The summed E-state index contributed by atoms with van der Waals surface area (Å²) in [6, 6.07) is 10.9. The van der Waals surface area contributed by atoms with E-state index in [9.17, 15) is 0 Å². The SMILES string of the molecule is CC1(C)OCC2(CO1)Cc1cnc([Se]c3ccccc3I)cc1C2. The summed E-state index contributed by atoms with van der Waals surface area (Å²) in [5, 5.41) is 0. The Bertz CT molecular complexity index is 768. The van der Waals surface area contributed by atoms with E-state index in [1.165, 1.54) is 23.8 Å². The van der Waals surface area contributed by atoms with Gasteiger partial charge >= 0.3 is 163 Å². The fourth-order valence-electron chi connectivity index (χ4n) is 3.33. The summed E-state index contributed by atoms with van der Waals surface area (Å²) in [6.07, 6.45) is 4.13. The van der Waals surface area contributed by atoms with E-state index >= 15 is 0 Å². The summed E-state index contributed by atoms with van der Waals surface area (Å²) < 4.78 is 15.8. The van der Waals surface area contributed by atoms with Crippen molar-refractivity contribution < 1.29 is 9.47 Å². The van der Waals surface area contributed by atoms with Crippen LogP contribution in [0.2, 0.25) is 0 Å². The van der Waals surface area contributed by atoms with Crippen LogP contribution in [0.1, 0.15) is 25.0 Å². The summed E-state index contributed by atoms with van der Waals surface area (Å²) in [5.74, 6) is -0.448. The van der Waals surface area contributed by atoms with Crippen molar-refractivity contribution in [2.75, 3.05) is 13.2 Å². The number of aromatic nitrogens is 1. The van der Waals surface area contributed by atoms with Gasteiger partial charge in [0.25, 0.3) is 0 Å². The number of hydrogen-bond acceptors (Lipinski definition) is 3. The first-order chi connectivity index (χ1) is 11.4. The minimum atomic E-state index is -0.448. The van der Waals surface area contributed by atoms with Gasteiger partial charge in [-0.2, -0.15) is 0 Å². The summed E-state index contributed by atoms with van der Waals surface area (Å²) in [7, 11) is 0. The van der Waals surface area contributed by atoms with Crippen molar-refractivity contribution >= 4 is 46.6 Å². The summed E-state index contributed by atoms with van der Waals surface area (Å²) in [5.41, 5.74) is 2.90. The van der Waals surface area contributed by atoms with Gasteiger partial charge in [-0.1, -0.05) is 0 Å². The van der Waals surface area contributed by atoms with Gasteiger partial charge in [0.15, 0.2) is 0 Å². The monoisotopic (exact) mass is 501 g/mol. The molecule has 0 amide bonds. The average Bonchev–Trinajstić information content (AvgIpc) is 2.91. The van der Waals surface area contributed by atoms with Crippen molar-refractivity contribution in [1.82, 2.24) is 4.98 Å². The number of fused-ring (bicyclic) bond motifs is 1. The molecule has 0 N–H and O–H groups in total. The molecule has 4 rings (SSSR count). The molecule has 1 aromatic carbocycles. The van der Waals surface area contributed by atoms with Gasteiger partial charge in [0.2, 0.25) is 0 Å². The Hall–Kier alpha value is -0.461. The van der Waals surface area contributed by atoms with Gasteiger partial charge in [0, 0.05) is 0 Å². The molecule has 2 aromatic rings. The third-order valence-corrected chi connectivity index (χ3v) is 8.57. The van der Waals surface area contributed by atoms with Crippen molar-refractivity contribution in [3.8, 4) is 0 Å². The predicted octanol–water partition coefficient (Wildman–Crippen LogP) is 2.21. The fraction of sp³-hybridized carbons (Fsp3) is 0.421. The van der Waals surface area contributed by atoms with Crippen LogP contribution >= 0.6 is 22.6 Å². The molecule has 2 aliphatic rings. The standard InChI is InChI=1S/C19H20INO2Se/c1-18(2)22-11-19(12-23-18)8-13-7-17(21-10-14(13)9-19)24-16-6-4-3-5-15(16)20/h3-7,10H,8-9,11-12H2,1-2H3. The Morgan fingerprint density at radius 1 is 1.08 bits per heavy atom. The zero-order valence-corrected chi connectivity index (χ0v) is 17.7. The maximum atomic E-state index is 5.94. The first kappa shape index (κ1) is 17.0. The van der Waals surface area contributed by atoms with Crippen molar-refractivity contribution in [3.05, 3.63) is 51.2 Å². The van der Waals surface area contributed by atoms with Crippen LogP contribution in [-0.4, -0.2) is 38.9 Å². The molecule has 1 spiro atoms. The van der Waals surface area contributed by atoms with Gasteiger partial charge in [0.05, 0.1) is 0 Å². The third kappa shape index (κ3) is 3.42. The second-order valence-electron chi connectivity index (χ2n) is 7.15. The second-order valence-corrected chi connectivity index (χ2v) is 10.5. The van der Waals surface area contributed by atoms with Crippen LogP contribution in [-0.2, 0) is 22.3 Å².